The quantitative estimate of drug-likeness (QED) is 0.869. The third-order valence-electron chi connectivity index (χ3n) is 5.40. The molecule has 8 heteroatoms. The lowest BCUT2D eigenvalue weighted by atomic mass is 10.1. The molecule has 0 bridgehead atoms. The third kappa shape index (κ3) is 3.87. The SMILES string of the molecule is CC1CCC(Oc2c(N3CCNCC3)cnn(-c3cc(F)cc(F)c3)c2=O)C1. The number of aromatic nitrogens is 2. The van der Waals surface area contributed by atoms with Crippen LogP contribution in [0, 0.1) is 17.6 Å². The molecular weight excluding hydrogens is 366 g/mol. The van der Waals surface area contributed by atoms with Crippen molar-refractivity contribution in [1.29, 1.82) is 0 Å². The second-order valence-corrected chi connectivity index (χ2v) is 7.60. The van der Waals surface area contributed by atoms with Gasteiger partial charge in [0.1, 0.15) is 17.3 Å². The van der Waals surface area contributed by atoms with Crippen LogP contribution in [-0.2, 0) is 0 Å². The number of piperazine rings is 1. The van der Waals surface area contributed by atoms with Gasteiger partial charge >= 0.3 is 5.56 Å². The highest BCUT2D eigenvalue weighted by Gasteiger charge is 2.27. The van der Waals surface area contributed by atoms with Gasteiger partial charge in [0.05, 0.1) is 18.0 Å². The van der Waals surface area contributed by atoms with Gasteiger partial charge in [0.2, 0.25) is 5.75 Å². The fraction of sp³-hybridized carbons (Fsp3) is 0.500. The topological polar surface area (TPSA) is 59.4 Å². The maximum absolute atomic E-state index is 13.7. The summed E-state index contributed by atoms with van der Waals surface area (Å²) >= 11 is 0. The first-order valence-electron chi connectivity index (χ1n) is 9.72. The average Bonchev–Trinajstić information content (AvgIpc) is 3.08. The molecule has 28 heavy (non-hydrogen) atoms. The summed E-state index contributed by atoms with van der Waals surface area (Å²) in [7, 11) is 0. The van der Waals surface area contributed by atoms with Crippen LogP contribution in [0.5, 0.6) is 5.75 Å². The molecule has 1 saturated heterocycles. The van der Waals surface area contributed by atoms with E-state index in [1.54, 1.807) is 6.20 Å². The largest absolute Gasteiger partial charge is 0.483 e. The molecule has 6 nitrogen and oxygen atoms in total. The minimum atomic E-state index is -0.762. The zero-order valence-electron chi connectivity index (χ0n) is 15.8. The molecule has 2 fully saturated rings. The van der Waals surface area contributed by atoms with E-state index in [0.717, 1.165) is 68.3 Å². The Morgan fingerprint density at radius 2 is 1.86 bits per heavy atom. The Bertz CT molecular complexity index is 891. The van der Waals surface area contributed by atoms with Gasteiger partial charge in [-0.05, 0) is 37.3 Å². The number of anilines is 1. The summed E-state index contributed by atoms with van der Waals surface area (Å²) in [6.45, 7) is 5.24. The maximum Gasteiger partial charge on any atom is 0.316 e. The molecule has 1 aliphatic carbocycles. The summed E-state index contributed by atoms with van der Waals surface area (Å²) in [6, 6.07) is 2.94. The molecule has 0 radical (unpaired) electrons. The lowest BCUT2D eigenvalue weighted by Gasteiger charge is -2.31. The Morgan fingerprint density at radius 3 is 2.50 bits per heavy atom. The molecular formula is C20H24F2N4O2. The highest BCUT2D eigenvalue weighted by molar-refractivity contribution is 5.57. The average molecular weight is 390 g/mol. The second-order valence-electron chi connectivity index (χ2n) is 7.60. The Morgan fingerprint density at radius 1 is 1.14 bits per heavy atom. The summed E-state index contributed by atoms with van der Waals surface area (Å²) in [6.07, 6.45) is 4.35. The Kier molecular flexibility index (Phi) is 5.30. The predicted molar refractivity (Wildman–Crippen MR) is 102 cm³/mol. The second kappa shape index (κ2) is 7.87. The molecule has 2 aliphatic rings. The van der Waals surface area contributed by atoms with Crippen molar-refractivity contribution in [1.82, 2.24) is 15.1 Å². The van der Waals surface area contributed by atoms with Crippen molar-refractivity contribution in [3.63, 3.8) is 0 Å². The van der Waals surface area contributed by atoms with E-state index in [4.69, 9.17) is 4.74 Å². The number of hydrogen-bond donors (Lipinski definition) is 1. The van der Waals surface area contributed by atoms with Gasteiger partial charge in [-0.25, -0.2) is 8.78 Å². The molecule has 1 aromatic heterocycles. The fourth-order valence-corrected chi connectivity index (χ4v) is 3.95. The van der Waals surface area contributed by atoms with E-state index in [-0.39, 0.29) is 17.5 Å². The van der Waals surface area contributed by atoms with Crippen LogP contribution in [0.3, 0.4) is 0 Å². The summed E-state index contributed by atoms with van der Waals surface area (Å²) in [5.74, 6) is -0.765. The van der Waals surface area contributed by atoms with Crippen LogP contribution in [0.15, 0.2) is 29.2 Å². The summed E-state index contributed by atoms with van der Waals surface area (Å²) in [5, 5.41) is 7.46. The van der Waals surface area contributed by atoms with Crippen LogP contribution in [0.4, 0.5) is 14.5 Å². The number of nitrogens with zero attached hydrogens (tertiary/aromatic N) is 3. The number of benzene rings is 1. The molecule has 0 spiro atoms. The van der Waals surface area contributed by atoms with E-state index in [9.17, 15) is 13.6 Å². The molecule has 4 rings (SSSR count). The number of rotatable bonds is 4. The van der Waals surface area contributed by atoms with Crippen LogP contribution < -0.4 is 20.5 Å². The van der Waals surface area contributed by atoms with Crippen molar-refractivity contribution >= 4 is 5.69 Å². The molecule has 2 atom stereocenters. The first-order valence-corrected chi connectivity index (χ1v) is 9.72. The van der Waals surface area contributed by atoms with Crippen LogP contribution in [0.2, 0.25) is 0 Å². The van der Waals surface area contributed by atoms with Gasteiger partial charge in [0, 0.05) is 32.2 Å². The smallest absolute Gasteiger partial charge is 0.316 e. The molecule has 1 saturated carbocycles. The Balaban J connectivity index is 1.76. The van der Waals surface area contributed by atoms with Gasteiger partial charge in [0.15, 0.2) is 0 Å². The first kappa shape index (κ1) is 18.9. The van der Waals surface area contributed by atoms with E-state index in [1.807, 2.05) is 0 Å². The number of halogens is 2. The van der Waals surface area contributed by atoms with Gasteiger partial charge in [-0.3, -0.25) is 4.79 Å². The van der Waals surface area contributed by atoms with E-state index in [1.165, 1.54) is 0 Å². The predicted octanol–water partition coefficient (Wildman–Crippen LogP) is 2.49. The van der Waals surface area contributed by atoms with E-state index < -0.39 is 17.2 Å². The minimum absolute atomic E-state index is 0.0375. The van der Waals surface area contributed by atoms with Crippen molar-refractivity contribution in [2.24, 2.45) is 5.92 Å². The fourth-order valence-electron chi connectivity index (χ4n) is 3.95. The first-order chi connectivity index (χ1) is 13.5. The molecule has 2 heterocycles. The molecule has 2 unspecified atom stereocenters. The normalized spacial score (nSPS) is 22.5. The zero-order valence-corrected chi connectivity index (χ0v) is 15.8. The van der Waals surface area contributed by atoms with Crippen molar-refractivity contribution in [3.8, 4) is 11.4 Å². The minimum Gasteiger partial charge on any atom is -0.483 e. The standard InChI is InChI=1S/C20H24F2N4O2/c1-13-2-3-17(8-13)28-19-18(25-6-4-23-5-7-25)12-24-26(20(19)27)16-10-14(21)9-15(22)11-16/h9-13,17,23H,2-8H2,1H3. The van der Waals surface area contributed by atoms with E-state index >= 15 is 0 Å². The molecule has 1 N–H and O–H groups in total. The highest BCUT2D eigenvalue weighted by Crippen LogP contribution is 2.32. The lowest BCUT2D eigenvalue weighted by Crippen LogP contribution is -2.44. The Labute approximate surface area is 162 Å². The molecule has 2 aromatic rings. The number of ether oxygens (including phenoxy) is 1. The summed E-state index contributed by atoms with van der Waals surface area (Å²) in [4.78, 5) is 15.3. The van der Waals surface area contributed by atoms with Gasteiger partial charge in [-0.15, -0.1) is 0 Å². The van der Waals surface area contributed by atoms with Gasteiger partial charge in [0.25, 0.3) is 0 Å². The monoisotopic (exact) mass is 390 g/mol. The summed E-state index contributed by atoms with van der Waals surface area (Å²) in [5.41, 5.74) is 0.179. The number of nitrogens with one attached hydrogen (secondary N) is 1. The zero-order chi connectivity index (χ0) is 19.7. The van der Waals surface area contributed by atoms with Gasteiger partial charge in [-0.1, -0.05) is 6.92 Å². The Hall–Kier alpha value is -2.48. The number of hydrogen-bond acceptors (Lipinski definition) is 5. The van der Waals surface area contributed by atoms with Crippen molar-refractivity contribution < 1.29 is 13.5 Å². The van der Waals surface area contributed by atoms with Crippen molar-refractivity contribution in [3.05, 3.63) is 46.4 Å². The van der Waals surface area contributed by atoms with Crippen LogP contribution in [0.1, 0.15) is 26.2 Å². The third-order valence-corrected chi connectivity index (χ3v) is 5.40. The van der Waals surface area contributed by atoms with Crippen LogP contribution >= 0.6 is 0 Å². The van der Waals surface area contributed by atoms with Gasteiger partial charge in [-0.2, -0.15) is 9.78 Å². The van der Waals surface area contributed by atoms with E-state index in [2.05, 4.69) is 22.2 Å². The van der Waals surface area contributed by atoms with Crippen molar-refractivity contribution in [2.45, 2.75) is 32.3 Å². The molecule has 150 valence electrons. The summed E-state index contributed by atoms with van der Waals surface area (Å²) < 4.78 is 34.5. The lowest BCUT2D eigenvalue weighted by molar-refractivity contribution is 0.201. The van der Waals surface area contributed by atoms with Crippen LogP contribution in [-0.4, -0.2) is 42.1 Å². The molecule has 1 aliphatic heterocycles. The maximum atomic E-state index is 13.7. The van der Waals surface area contributed by atoms with Gasteiger partial charge < -0.3 is 15.0 Å². The highest BCUT2D eigenvalue weighted by atomic mass is 19.1. The molecule has 1 aromatic carbocycles. The van der Waals surface area contributed by atoms with E-state index in [0.29, 0.717) is 11.6 Å². The molecule has 0 amide bonds. The van der Waals surface area contributed by atoms with Crippen LogP contribution in [0.25, 0.3) is 5.69 Å². The van der Waals surface area contributed by atoms with Crippen molar-refractivity contribution in [2.75, 3.05) is 31.1 Å².